The van der Waals surface area contributed by atoms with Crippen LogP contribution in [0.2, 0.25) is 0 Å². The lowest BCUT2D eigenvalue weighted by molar-refractivity contribution is 0.419. The lowest BCUT2D eigenvalue weighted by Crippen LogP contribution is -2.38. The molecule has 0 saturated heterocycles. The van der Waals surface area contributed by atoms with Crippen molar-refractivity contribution in [2.75, 3.05) is 13.3 Å². The summed E-state index contributed by atoms with van der Waals surface area (Å²) in [7, 11) is 2.02. The normalized spacial score (nSPS) is 11.7. The first-order valence-corrected chi connectivity index (χ1v) is 6.12. The topological polar surface area (TPSA) is 12.0 Å². The first-order valence-electron chi connectivity index (χ1n) is 4.90. The Morgan fingerprint density at radius 1 is 1.29 bits per heavy atom. The maximum absolute atomic E-state index is 3.33. The highest BCUT2D eigenvalue weighted by atomic mass is 32.2. The Balaban J connectivity index is 2.85. The van der Waals surface area contributed by atoms with Gasteiger partial charge in [-0.1, -0.05) is 18.2 Å². The zero-order valence-corrected chi connectivity index (χ0v) is 10.2. The molecule has 1 nitrogen and oxygen atoms in total. The average molecular weight is 209 g/mol. The highest BCUT2D eigenvalue weighted by Crippen LogP contribution is 2.23. The van der Waals surface area contributed by atoms with Crippen molar-refractivity contribution < 1.29 is 0 Å². The standard InChI is InChI=1S/C12H19NS/c1-12(2,13-3)9-10-7-5-6-8-11(10)14-4/h5-8,13H,9H2,1-4H3. The van der Waals surface area contributed by atoms with E-state index in [4.69, 9.17) is 0 Å². The van der Waals surface area contributed by atoms with Gasteiger partial charge in [-0.25, -0.2) is 0 Å². The van der Waals surface area contributed by atoms with Crippen LogP contribution in [0.25, 0.3) is 0 Å². The predicted molar refractivity (Wildman–Crippen MR) is 65.1 cm³/mol. The number of nitrogens with one attached hydrogen (secondary N) is 1. The van der Waals surface area contributed by atoms with E-state index >= 15 is 0 Å². The summed E-state index contributed by atoms with van der Waals surface area (Å²) in [6, 6.07) is 8.61. The minimum absolute atomic E-state index is 0.172. The van der Waals surface area contributed by atoms with Gasteiger partial charge in [-0.15, -0.1) is 11.8 Å². The van der Waals surface area contributed by atoms with E-state index in [-0.39, 0.29) is 5.54 Å². The summed E-state index contributed by atoms with van der Waals surface area (Å²) in [5.74, 6) is 0. The van der Waals surface area contributed by atoms with Gasteiger partial charge in [0.05, 0.1) is 0 Å². The lowest BCUT2D eigenvalue weighted by atomic mass is 9.95. The quantitative estimate of drug-likeness (QED) is 0.765. The van der Waals surface area contributed by atoms with E-state index in [2.05, 4.69) is 49.7 Å². The molecular weight excluding hydrogens is 190 g/mol. The Labute approximate surface area is 91.3 Å². The summed E-state index contributed by atoms with van der Waals surface area (Å²) >= 11 is 1.82. The second-order valence-electron chi connectivity index (χ2n) is 4.12. The third kappa shape index (κ3) is 3.03. The van der Waals surface area contributed by atoms with Crippen LogP contribution < -0.4 is 5.32 Å². The van der Waals surface area contributed by atoms with Crippen LogP contribution in [0.4, 0.5) is 0 Å². The van der Waals surface area contributed by atoms with Crippen molar-refractivity contribution in [2.24, 2.45) is 0 Å². The van der Waals surface area contributed by atoms with E-state index < -0.39 is 0 Å². The minimum atomic E-state index is 0.172. The molecule has 0 unspecified atom stereocenters. The fourth-order valence-corrected chi connectivity index (χ4v) is 2.03. The van der Waals surface area contributed by atoms with Gasteiger partial charge < -0.3 is 5.32 Å². The van der Waals surface area contributed by atoms with Crippen LogP contribution >= 0.6 is 11.8 Å². The zero-order chi connectivity index (χ0) is 10.6. The summed E-state index contributed by atoms with van der Waals surface area (Å²) in [6.45, 7) is 4.45. The molecule has 0 atom stereocenters. The van der Waals surface area contributed by atoms with Gasteiger partial charge in [0.25, 0.3) is 0 Å². The molecule has 0 heterocycles. The molecule has 0 aliphatic rings. The minimum Gasteiger partial charge on any atom is -0.314 e. The van der Waals surface area contributed by atoms with Crippen molar-refractivity contribution in [1.82, 2.24) is 5.32 Å². The number of hydrogen-bond donors (Lipinski definition) is 1. The van der Waals surface area contributed by atoms with Gasteiger partial charge in [0.15, 0.2) is 0 Å². The van der Waals surface area contributed by atoms with Crippen LogP contribution in [0.3, 0.4) is 0 Å². The lowest BCUT2D eigenvalue weighted by Gasteiger charge is -2.25. The molecule has 0 radical (unpaired) electrons. The molecule has 0 aromatic heterocycles. The number of hydrogen-bond acceptors (Lipinski definition) is 2. The molecule has 1 aromatic carbocycles. The highest BCUT2D eigenvalue weighted by molar-refractivity contribution is 7.98. The van der Waals surface area contributed by atoms with Gasteiger partial charge >= 0.3 is 0 Å². The number of thioether (sulfide) groups is 1. The van der Waals surface area contributed by atoms with Crippen LogP contribution in [-0.2, 0) is 6.42 Å². The summed E-state index contributed by atoms with van der Waals surface area (Å²) < 4.78 is 0. The highest BCUT2D eigenvalue weighted by Gasteiger charge is 2.16. The fourth-order valence-electron chi connectivity index (χ4n) is 1.41. The number of benzene rings is 1. The monoisotopic (exact) mass is 209 g/mol. The Morgan fingerprint density at radius 3 is 2.50 bits per heavy atom. The van der Waals surface area contributed by atoms with E-state index in [0.29, 0.717) is 0 Å². The molecule has 0 saturated carbocycles. The SMILES string of the molecule is CNC(C)(C)Cc1ccccc1SC. The summed E-state index contributed by atoms with van der Waals surface area (Å²) in [5.41, 5.74) is 1.60. The zero-order valence-electron chi connectivity index (χ0n) is 9.42. The molecule has 14 heavy (non-hydrogen) atoms. The van der Waals surface area contributed by atoms with Crippen LogP contribution in [0.5, 0.6) is 0 Å². The van der Waals surface area contributed by atoms with Crippen molar-refractivity contribution in [3.8, 4) is 0 Å². The van der Waals surface area contributed by atoms with E-state index in [1.807, 2.05) is 18.8 Å². The van der Waals surface area contributed by atoms with Gasteiger partial charge in [0.1, 0.15) is 0 Å². The first-order chi connectivity index (χ1) is 6.59. The third-order valence-electron chi connectivity index (χ3n) is 2.50. The van der Waals surface area contributed by atoms with E-state index in [0.717, 1.165) is 6.42 Å². The van der Waals surface area contributed by atoms with Gasteiger partial charge in [0, 0.05) is 10.4 Å². The molecule has 0 aliphatic carbocycles. The van der Waals surface area contributed by atoms with Crippen molar-refractivity contribution in [2.45, 2.75) is 30.7 Å². The van der Waals surface area contributed by atoms with Gasteiger partial charge in [-0.05, 0) is 45.2 Å². The van der Waals surface area contributed by atoms with Crippen LogP contribution in [0.1, 0.15) is 19.4 Å². The summed E-state index contributed by atoms with van der Waals surface area (Å²) in [6.07, 6.45) is 3.20. The molecule has 0 bridgehead atoms. The molecule has 0 amide bonds. The van der Waals surface area contributed by atoms with E-state index in [1.165, 1.54) is 10.5 Å². The Bertz CT molecular complexity index is 294. The average Bonchev–Trinajstić information content (AvgIpc) is 2.18. The number of rotatable bonds is 4. The molecule has 78 valence electrons. The number of likely N-dealkylation sites (N-methyl/N-ethyl adjacent to an activating group) is 1. The van der Waals surface area contributed by atoms with Gasteiger partial charge in [-0.2, -0.15) is 0 Å². The van der Waals surface area contributed by atoms with Crippen LogP contribution in [0.15, 0.2) is 29.2 Å². The van der Waals surface area contributed by atoms with Gasteiger partial charge in [-0.3, -0.25) is 0 Å². The van der Waals surface area contributed by atoms with Crippen LogP contribution in [0, 0.1) is 0 Å². The molecule has 1 rings (SSSR count). The predicted octanol–water partition coefficient (Wildman–Crippen LogP) is 2.95. The largest absolute Gasteiger partial charge is 0.314 e. The third-order valence-corrected chi connectivity index (χ3v) is 3.34. The molecule has 1 aromatic rings. The fraction of sp³-hybridized carbons (Fsp3) is 0.500. The second kappa shape index (κ2) is 4.85. The smallest absolute Gasteiger partial charge is 0.0162 e. The molecule has 2 heteroatoms. The molecule has 1 N–H and O–H groups in total. The molecule has 0 aliphatic heterocycles. The maximum atomic E-state index is 3.33. The van der Waals surface area contributed by atoms with E-state index in [9.17, 15) is 0 Å². The van der Waals surface area contributed by atoms with Crippen molar-refractivity contribution >= 4 is 11.8 Å². The Kier molecular flexibility index (Phi) is 4.02. The first kappa shape index (κ1) is 11.6. The Morgan fingerprint density at radius 2 is 1.93 bits per heavy atom. The van der Waals surface area contributed by atoms with Crippen molar-refractivity contribution in [3.05, 3.63) is 29.8 Å². The second-order valence-corrected chi connectivity index (χ2v) is 4.97. The summed E-state index contributed by atoms with van der Waals surface area (Å²) in [4.78, 5) is 1.39. The maximum Gasteiger partial charge on any atom is 0.0162 e. The van der Waals surface area contributed by atoms with E-state index in [1.54, 1.807) is 0 Å². The molecular formula is C12H19NS. The van der Waals surface area contributed by atoms with Crippen molar-refractivity contribution in [1.29, 1.82) is 0 Å². The summed E-state index contributed by atoms with van der Waals surface area (Å²) in [5, 5.41) is 3.33. The Hall–Kier alpha value is -0.470. The molecule has 0 fully saturated rings. The molecule has 0 spiro atoms. The van der Waals surface area contributed by atoms with Crippen molar-refractivity contribution in [3.63, 3.8) is 0 Å². The van der Waals surface area contributed by atoms with Crippen LogP contribution in [-0.4, -0.2) is 18.8 Å². The van der Waals surface area contributed by atoms with Gasteiger partial charge in [0.2, 0.25) is 0 Å².